The van der Waals surface area contributed by atoms with E-state index in [2.05, 4.69) is 4.98 Å². The van der Waals surface area contributed by atoms with Gasteiger partial charge in [-0.3, -0.25) is 18.9 Å². The van der Waals surface area contributed by atoms with Gasteiger partial charge in [-0.05, 0) is 18.6 Å². The SMILES string of the molecule is CCCn1cc(N)c(=O)n(CCc2ccccn2)c1=O. The molecule has 0 spiro atoms. The molecule has 2 aromatic heterocycles. The predicted molar refractivity (Wildman–Crippen MR) is 77.6 cm³/mol. The second-order valence-electron chi connectivity index (χ2n) is 4.59. The van der Waals surface area contributed by atoms with Crippen LogP contribution in [0, 0.1) is 0 Å². The van der Waals surface area contributed by atoms with Gasteiger partial charge in [0, 0.05) is 37.6 Å². The van der Waals surface area contributed by atoms with Crippen molar-refractivity contribution in [2.24, 2.45) is 0 Å². The molecule has 0 aliphatic carbocycles. The minimum absolute atomic E-state index is 0.0964. The summed E-state index contributed by atoms with van der Waals surface area (Å²) in [4.78, 5) is 28.4. The van der Waals surface area contributed by atoms with E-state index in [1.54, 1.807) is 6.20 Å². The van der Waals surface area contributed by atoms with Gasteiger partial charge >= 0.3 is 5.69 Å². The first-order chi connectivity index (χ1) is 9.63. The first-order valence-electron chi connectivity index (χ1n) is 6.63. The zero-order chi connectivity index (χ0) is 14.5. The molecular formula is C14H18N4O2. The second-order valence-corrected chi connectivity index (χ2v) is 4.59. The van der Waals surface area contributed by atoms with Crippen LogP contribution in [0.1, 0.15) is 19.0 Å². The second kappa shape index (κ2) is 6.18. The minimum Gasteiger partial charge on any atom is -0.393 e. The van der Waals surface area contributed by atoms with Crippen LogP contribution in [0.4, 0.5) is 5.69 Å². The molecular weight excluding hydrogens is 256 g/mol. The van der Waals surface area contributed by atoms with Crippen molar-refractivity contribution in [3.63, 3.8) is 0 Å². The first kappa shape index (κ1) is 14.0. The first-order valence-corrected chi connectivity index (χ1v) is 6.63. The van der Waals surface area contributed by atoms with E-state index in [4.69, 9.17) is 5.73 Å². The molecule has 0 amide bonds. The Morgan fingerprint density at radius 2 is 2.05 bits per heavy atom. The highest BCUT2D eigenvalue weighted by Crippen LogP contribution is 1.97. The zero-order valence-electron chi connectivity index (χ0n) is 11.5. The van der Waals surface area contributed by atoms with E-state index >= 15 is 0 Å². The Bertz CT molecular complexity index is 689. The number of pyridine rings is 1. The van der Waals surface area contributed by atoms with E-state index < -0.39 is 5.56 Å². The van der Waals surface area contributed by atoms with Gasteiger partial charge in [0.1, 0.15) is 5.69 Å². The monoisotopic (exact) mass is 274 g/mol. The minimum atomic E-state index is -0.432. The summed E-state index contributed by atoms with van der Waals surface area (Å²) in [5.41, 5.74) is 5.86. The number of nitrogens with zero attached hydrogens (tertiary/aromatic N) is 3. The summed E-state index contributed by atoms with van der Waals surface area (Å²) in [5.74, 6) is 0. The molecule has 0 unspecified atom stereocenters. The number of nitrogens with two attached hydrogens (primary N) is 1. The van der Waals surface area contributed by atoms with Crippen LogP contribution in [-0.2, 0) is 19.5 Å². The van der Waals surface area contributed by atoms with E-state index in [1.165, 1.54) is 15.3 Å². The Hall–Kier alpha value is -2.37. The van der Waals surface area contributed by atoms with E-state index in [0.717, 1.165) is 12.1 Å². The van der Waals surface area contributed by atoms with Crippen molar-refractivity contribution in [1.29, 1.82) is 0 Å². The lowest BCUT2D eigenvalue weighted by atomic mass is 10.2. The number of rotatable bonds is 5. The van der Waals surface area contributed by atoms with Crippen molar-refractivity contribution in [1.82, 2.24) is 14.1 Å². The molecule has 0 radical (unpaired) electrons. The average molecular weight is 274 g/mol. The Morgan fingerprint density at radius 3 is 2.70 bits per heavy atom. The molecule has 0 aliphatic rings. The molecule has 6 heteroatoms. The topological polar surface area (TPSA) is 82.9 Å². The maximum Gasteiger partial charge on any atom is 0.331 e. The average Bonchev–Trinajstić information content (AvgIpc) is 2.46. The number of anilines is 1. The van der Waals surface area contributed by atoms with Gasteiger partial charge in [0.2, 0.25) is 0 Å². The van der Waals surface area contributed by atoms with Crippen LogP contribution in [0.15, 0.2) is 40.2 Å². The van der Waals surface area contributed by atoms with Crippen molar-refractivity contribution in [3.05, 3.63) is 57.1 Å². The third-order valence-electron chi connectivity index (χ3n) is 3.05. The van der Waals surface area contributed by atoms with Gasteiger partial charge in [0.15, 0.2) is 0 Å². The number of hydrogen-bond acceptors (Lipinski definition) is 4. The predicted octanol–water partition coefficient (Wildman–Crippen LogP) is 0.640. The maximum atomic E-state index is 12.2. The van der Waals surface area contributed by atoms with E-state index in [1.807, 2.05) is 25.1 Å². The molecule has 0 saturated carbocycles. The summed E-state index contributed by atoms with van der Waals surface area (Å²) in [6, 6.07) is 5.56. The van der Waals surface area contributed by atoms with Crippen LogP contribution >= 0.6 is 0 Å². The fourth-order valence-electron chi connectivity index (χ4n) is 2.05. The molecule has 0 aromatic carbocycles. The molecule has 2 rings (SSSR count). The third-order valence-corrected chi connectivity index (χ3v) is 3.05. The number of hydrogen-bond donors (Lipinski definition) is 1. The number of aromatic nitrogens is 3. The fraction of sp³-hybridized carbons (Fsp3) is 0.357. The highest BCUT2D eigenvalue weighted by Gasteiger charge is 2.09. The largest absolute Gasteiger partial charge is 0.393 e. The third kappa shape index (κ3) is 2.96. The number of nitrogen functional groups attached to an aromatic ring is 1. The van der Waals surface area contributed by atoms with E-state index in [9.17, 15) is 9.59 Å². The normalized spacial score (nSPS) is 10.7. The van der Waals surface area contributed by atoms with Crippen LogP contribution < -0.4 is 17.0 Å². The lowest BCUT2D eigenvalue weighted by Crippen LogP contribution is -2.41. The summed E-state index contributed by atoms with van der Waals surface area (Å²) in [6.07, 6.45) is 4.43. The van der Waals surface area contributed by atoms with Gasteiger partial charge in [-0.1, -0.05) is 13.0 Å². The Morgan fingerprint density at radius 1 is 1.25 bits per heavy atom. The Labute approximate surface area is 116 Å². The molecule has 6 nitrogen and oxygen atoms in total. The molecule has 2 aromatic rings. The van der Waals surface area contributed by atoms with Gasteiger partial charge in [0.25, 0.3) is 5.56 Å². The van der Waals surface area contributed by atoms with Crippen molar-refractivity contribution in [2.75, 3.05) is 5.73 Å². The lowest BCUT2D eigenvalue weighted by molar-refractivity contribution is 0.545. The highest BCUT2D eigenvalue weighted by molar-refractivity contribution is 5.31. The van der Waals surface area contributed by atoms with Crippen molar-refractivity contribution < 1.29 is 0 Å². The summed E-state index contributed by atoms with van der Waals surface area (Å²) < 4.78 is 2.66. The van der Waals surface area contributed by atoms with Crippen LogP contribution in [-0.4, -0.2) is 14.1 Å². The van der Waals surface area contributed by atoms with Gasteiger partial charge in [-0.25, -0.2) is 4.79 Å². The standard InChI is InChI=1S/C14H18N4O2/c1-2-8-17-10-12(15)13(19)18(14(17)20)9-6-11-5-3-4-7-16-11/h3-5,7,10H,2,6,8-9,15H2,1H3. The van der Waals surface area contributed by atoms with Gasteiger partial charge < -0.3 is 5.73 Å². The fourth-order valence-corrected chi connectivity index (χ4v) is 2.05. The molecule has 2 heterocycles. The molecule has 0 atom stereocenters. The van der Waals surface area contributed by atoms with Crippen molar-refractivity contribution >= 4 is 5.69 Å². The van der Waals surface area contributed by atoms with Crippen LogP contribution in [0.5, 0.6) is 0 Å². The summed E-state index contributed by atoms with van der Waals surface area (Å²) >= 11 is 0. The van der Waals surface area contributed by atoms with Crippen molar-refractivity contribution in [2.45, 2.75) is 32.9 Å². The van der Waals surface area contributed by atoms with Gasteiger partial charge in [-0.15, -0.1) is 0 Å². The van der Waals surface area contributed by atoms with Crippen molar-refractivity contribution in [3.8, 4) is 0 Å². The quantitative estimate of drug-likeness (QED) is 0.867. The molecule has 0 aliphatic heterocycles. The molecule has 106 valence electrons. The molecule has 20 heavy (non-hydrogen) atoms. The van der Waals surface area contributed by atoms with Gasteiger partial charge in [0.05, 0.1) is 0 Å². The number of aryl methyl sites for hydroxylation is 2. The highest BCUT2D eigenvalue weighted by atomic mass is 16.2. The summed E-state index contributed by atoms with van der Waals surface area (Å²) in [6.45, 7) is 2.79. The maximum absolute atomic E-state index is 12.2. The summed E-state index contributed by atoms with van der Waals surface area (Å²) in [5, 5.41) is 0. The molecule has 0 fully saturated rings. The lowest BCUT2D eigenvalue weighted by Gasteiger charge is -2.10. The zero-order valence-corrected chi connectivity index (χ0v) is 11.5. The van der Waals surface area contributed by atoms with E-state index in [0.29, 0.717) is 13.0 Å². The Balaban J connectivity index is 2.31. The molecule has 0 bridgehead atoms. The van der Waals surface area contributed by atoms with Crippen LogP contribution in [0.3, 0.4) is 0 Å². The molecule has 0 saturated heterocycles. The van der Waals surface area contributed by atoms with Gasteiger partial charge in [-0.2, -0.15) is 0 Å². The van der Waals surface area contributed by atoms with E-state index in [-0.39, 0.29) is 17.9 Å². The van der Waals surface area contributed by atoms with Crippen LogP contribution in [0.2, 0.25) is 0 Å². The smallest absolute Gasteiger partial charge is 0.331 e. The summed E-state index contributed by atoms with van der Waals surface area (Å²) in [7, 11) is 0. The Kier molecular flexibility index (Phi) is 4.34. The van der Waals surface area contributed by atoms with Crippen LogP contribution in [0.25, 0.3) is 0 Å². The molecule has 2 N–H and O–H groups in total.